The Kier molecular flexibility index (Phi) is 5.24. The van der Waals surface area contributed by atoms with Gasteiger partial charge in [-0.3, -0.25) is 4.79 Å². The van der Waals surface area contributed by atoms with Gasteiger partial charge in [0.1, 0.15) is 16.8 Å². The zero-order valence-electron chi connectivity index (χ0n) is 13.8. The molecule has 0 aliphatic heterocycles. The summed E-state index contributed by atoms with van der Waals surface area (Å²) in [4.78, 5) is 13.9. The number of thiophene rings is 1. The minimum absolute atomic E-state index is 0.239. The van der Waals surface area contributed by atoms with Crippen molar-refractivity contribution in [1.29, 1.82) is 5.26 Å². The summed E-state index contributed by atoms with van der Waals surface area (Å²) in [6, 6.07) is 5.26. The number of methoxy groups -OCH3 is 1. The van der Waals surface area contributed by atoms with Gasteiger partial charge in [-0.05, 0) is 42.9 Å². The Morgan fingerprint density at radius 2 is 2.20 bits per heavy atom. The predicted octanol–water partition coefficient (Wildman–Crippen LogP) is 5.31. The van der Waals surface area contributed by atoms with Crippen LogP contribution in [0.4, 0.5) is 5.00 Å². The van der Waals surface area contributed by atoms with Crippen molar-refractivity contribution in [3.8, 4) is 11.8 Å². The standard InChI is InChI=1S/C18H16Cl2N2O2S/c1-9-3-4-11-13(8-21)18(25-15(11)5-9)22-17(23)12-6-10(19)7-14(20)16(12)24-2/h6-7,9H,3-5H2,1-2H3,(H,22,23). The summed E-state index contributed by atoms with van der Waals surface area (Å²) in [5.41, 5.74) is 1.87. The normalized spacial score (nSPS) is 16.0. The lowest BCUT2D eigenvalue weighted by molar-refractivity contribution is 0.102. The molecular formula is C18H16Cl2N2O2S. The van der Waals surface area contributed by atoms with Crippen LogP contribution in [0.5, 0.6) is 5.75 Å². The van der Waals surface area contributed by atoms with E-state index in [0.29, 0.717) is 21.5 Å². The number of rotatable bonds is 3. The minimum atomic E-state index is -0.399. The van der Waals surface area contributed by atoms with E-state index in [1.165, 1.54) is 35.5 Å². The van der Waals surface area contributed by atoms with E-state index in [1.807, 2.05) is 0 Å². The van der Waals surface area contributed by atoms with E-state index >= 15 is 0 Å². The average Bonchev–Trinajstić information content (AvgIpc) is 2.89. The zero-order valence-corrected chi connectivity index (χ0v) is 16.1. The molecule has 0 fully saturated rings. The number of nitrogens with zero attached hydrogens (tertiary/aromatic N) is 1. The highest BCUT2D eigenvalue weighted by molar-refractivity contribution is 7.16. The molecule has 130 valence electrons. The zero-order chi connectivity index (χ0) is 18.1. The van der Waals surface area contributed by atoms with Gasteiger partial charge in [-0.1, -0.05) is 30.1 Å². The van der Waals surface area contributed by atoms with E-state index in [0.717, 1.165) is 24.8 Å². The smallest absolute Gasteiger partial charge is 0.260 e. The number of halogens is 2. The maximum absolute atomic E-state index is 12.7. The first-order chi connectivity index (χ1) is 11.9. The molecule has 1 atom stereocenters. The van der Waals surface area contributed by atoms with Gasteiger partial charge in [0.2, 0.25) is 0 Å². The fourth-order valence-corrected chi connectivity index (χ4v) is 4.99. The average molecular weight is 395 g/mol. The summed E-state index contributed by atoms with van der Waals surface area (Å²) in [6.07, 6.45) is 2.87. The van der Waals surface area contributed by atoms with Gasteiger partial charge < -0.3 is 10.1 Å². The molecule has 0 saturated heterocycles. The molecule has 1 unspecified atom stereocenters. The Morgan fingerprint density at radius 3 is 2.88 bits per heavy atom. The van der Waals surface area contributed by atoms with Gasteiger partial charge in [0, 0.05) is 9.90 Å². The SMILES string of the molecule is COc1c(Cl)cc(Cl)cc1C(=O)Nc1sc2c(c1C#N)CCC(C)C2. The van der Waals surface area contributed by atoms with E-state index in [2.05, 4.69) is 18.3 Å². The third kappa shape index (κ3) is 3.48. The van der Waals surface area contributed by atoms with Crippen molar-refractivity contribution in [2.45, 2.75) is 26.2 Å². The maximum atomic E-state index is 12.7. The molecule has 1 N–H and O–H groups in total. The van der Waals surface area contributed by atoms with Crippen LogP contribution in [0.3, 0.4) is 0 Å². The molecule has 3 rings (SSSR count). The van der Waals surface area contributed by atoms with Crippen molar-refractivity contribution in [1.82, 2.24) is 0 Å². The number of ether oxygens (including phenoxy) is 1. The summed E-state index contributed by atoms with van der Waals surface area (Å²) in [6.45, 7) is 2.20. The molecule has 0 bridgehead atoms. The van der Waals surface area contributed by atoms with Crippen LogP contribution >= 0.6 is 34.5 Å². The number of carbonyl (C=O) groups is 1. The molecule has 1 aliphatic rings. The molecule has 1 aromatic heterocycles. The molecule has 1 amide bonds. The number of carbonyl (C=O) groups excluding carboxylic acids is 1. The summed E-state index contributed by atoms with van der Waals surface area (Å²) < 4.78 is 5.23. The van der Waals surface area contributed by atoms with Crippen molar-refractivity contribution in [2.75, 3.05) is 12.4 Å². The fourth-order valence-electron chi connectivity index (χ4n) is 3.06. The lowest BCUT2D eigenvalue weighted by Gasteiger charge is -2.17. The second kappa shape index (κ2) is 7.25. The topological polar surface area (TPSA) is 62.1 Å². The molecule has 1 aliphatic carbocycles. The van der Waals surface area contributed by atoms with Gasteiger partial charge in [-0.2, -0.15) is 5.26 Å². The lowest BCUT2D eigenvalue weighted by atomic mass is 9.88. The van der Waals surface area contributed by atoms with Crippen LogP contribution in [-0.2, 0) is 12.8 Å². The summed E-state index contributed by atoms with van der Waals surface area (Å²) in [5, 5.41) is 13.6. The molecule has 0 spiro atoms. The molecule has 0 saturated carbocycles. The van der Waals surface area contributed by atoms with Crippen molar-refractivity contribution >= 4 is 45.4 Å². The number of fused-ring (bicyclic) bond motifs is 1. The molecule has 0 radical (unpaired) electrons. The molecular weight excluding hydrogens is 379 g/mol. The number of anilines is 1. The van der Waals surface area contributed by atoms with E-state index in [9.17, 15) is 10.1 Å². The van der Waals surface area contributed by atoms with Gasteiger partial charge in [0.25, 0.3) is 5.91 Å². The van der Waals surface area contributed by atoms with Crippen molar-refractivity contribution in [3.05, 3.63) is 43.7 Å². The highest BCUT2D eigenvalue weighted by Gasteiger charge is 2.26. The first kappa shape index (κ1) is 18.1. The Labute approximate surface area is 160 Å². The molecule has 7 heteroatoms. The third-order valence-electron chi connectivity index (χ3n) is 4.31. The fraction of sp³-hybridized carbons (Fsp3) is 0.333. The number of nitrogens with one attached hydrogen (secondary N) is 1. The first-order valence-corrected chi connectivity index (χ1v) is 9.40. The number of amides is 1. The first-order valence-electron chi connectivity index (χ1n) is 7.83. The van der Waals surface area contributed by atoms with Gasteiger partial charge in [0.05, 0.1) is 23.3 Å². The molecule has 1 aromatic carbocycles. The maximum Gasteiger partial charge on any atom is 0.260 e. The van der Waals surface area contributed by atoms with Gasteiger partial charge in [-0.25, -0.2) is 0 Å². The second-order valence-corrected chi connectivity index (χ2v) is 8.04. The third-order valence-corrected chi connectivity index (χ3v) is 5.98. The number of hydrogen-bond acceptors (Lipinski definition) is 4. The van der Waals surface area contributed by atoms with Crippen LogP contribution in [0.25, 0.3) is 0 Å². The predicted molar refractivity (Wildman–Crippen MR) is 101 cm³/mol. The second-order valence-electron chi connectivity index (χ2n) is 6.09. The number of hydrogen-bond donors (Lipinski definition) is 1. The van der Waals surface area contributed by atoms with Crippen LogP contribution in [0.1, 0.15) is 39.7 Å². The van der Waals surface area contributed by atoms with Gasteiger partial charge in [0.15, 0.2) is 0 Å². The van der Waals surface area contributed by atoms with E-state index in [-0.39, 0.29) is 16.3 Å². The van der Waals surface area contributed by atoms with Crippen molar-refractivity contribution in [3.63, 3.8) is 0 Å². The molecule has 4 nitrogen and oxygen atoms in total. The highest BCUT2D eigenvalue weighted by Crippen LogP contribution is 2.40. The van der Waals surface area contributed by atoms with Crippen LogP contribution in [0.15, 0.2) is 12.1 Å². The summed E-state index contributed by atoms with van der Waals surface area (Å²) in [5.74, 6) is 0.453. The Morgan fingerprint density at radius 1 is 1.44 bits per heavy atom. The molecule has 2 aromatic rings. The monoisotopic (exact) mass is 394 g/mol. The van der Waals surface area contributed by atoms with Crippen molar-refractivity contribution < 1.29 is 9.53 Å². The van der Waals surface area contributed by atoms with Crippen LogP contribution < -0.4 is 10.1 Å². The number of benzene rings is 1. The molecule has 1 heterocycles. The summed E-state index contributed by atoms with van der Waals surface area (Å²) in [7, 11) is 1.44. The number of nitriles is 1. The Hall–Kier alpha value is -1.74. The Bertz CT molecular complexity index is 886. The van der Waals surface area contributed by atoms with Crippen LogP contribution in [0.2, 0.25) is 10.0 Å². The van der Waals surface area contributed by atoms with E-state index in [4.69, 9.17) is 27.9 Å². The van der Waals surface area contributed by atoms with Gasteiger partial charge in [-0.15, -0.1) is 11.3 Å². The lowest BCUT2D eigenvalue weighted by Crippen LogP contribution is -2.13. The minimum Gasteiger partial charge on any atom is -0.494 e. The quantitative estimate of drug-likeness (QED) is 0.766. The summed E-state index contributed by atoms with van der Waals surface area (Å²) >= 11 is 13.6. The van der Waals surface area contributed by atoms with Gasteiger partial charge >= 0.3 is 0 Å². The van der Waals surface area contributed by atoms with E-state index in [1.54, 1.807) is 0 Å². The van der Waals surface area contributed by atoms with Crippen molar-refractivity contribution in [2.24, 2.45) is 5.92 Å². The largest absolute Gasteiger partial charge is 0.494 e. The highest BCUT2D eigenvalue weighted by atomic mass is 35.5. The van der Waals surface area contributed by atoms with E-state index < -0.39 is 5.91 Å². The van der Waals surface area contributed by atoms with Crippen LogP contribution in [0, 0.1) is 17.2 Å². The Balaban J connectivity index is 1.96. The van der Waals surface area contributed by atoms with Crippen LogP contribution in [-0.4, -0.2) is 13.0 Å². The molecule has 25 heavy (non-hydrogen) atoms.